The number of carboxylic acid groups (broad SMARTS) is 1. The van der Waals surface area contributed by atoms with Crippen molar-refractivity contribution >= 4 is 23.6 Å². The van der Waals surface area contributed by atoms with Crippen LogP contribution in [0.25, 0.3) is 0 Å². The first kappa shape index (κ1) is 12.6. The summed E-state index contributed by atoms with van der Waals surface area (Å²) in [5.41, 5.74) is -0.937. The van der Waals surface area contributed by atoms with Gasteiger partial charge in [-0.15, -0.1) is 4.91 Å². The number of nitroso groups, excluding NO2 is 1. The van der Waals surface area contributed by atoms with Crippen molar-refractivity contribution in [3.63, 3.8) is 0 Å². The zero-order valence-corrected chi connectivity index (χ0v) is 8.35. The highest BCUT2D eigenvalue weighted by Crippen LogP contribution is 2.04. The van der Waals surface area contributed by atoms with Crippen LogP contribution in [0.2, 0.25) is 0 Å². The molecule has 0 aromatic heterocycles. The first-order valence-electron chi connectivity index (χ1n) is 3.70. The maximum Gasteiger partial charge on any atom is 0.342 e. The summed E-state index contributed by atoms with van der Waals surface area (Å²) in [6.07, 6.45) is 0. The number of carbonyl (C=O) groups is 2. The maximum atomic E-state index is 11.1. The van der Waals surface area contributed by atoms with Crippen LogP contribution in [0.1, 0.15) is 13.8 Å². The van der Waals surface area contributed by atoms with Crippen molar-refractivity contribution in [2.45, 2.75) is 25.4 Å². The van der Waals surface area contributed by atoms with Crippen molar-refractivity contribution in [2.75, 3.05) is 0 Å². The molecule has 0 spiro atoms. The van der Waals surface area contributed by atoms with Gasteiger partial charge in [0.1, 0.15) is 11.5 Å². The third-order valence-electron chi connectivity index (χ3n) is 1.34. The van der Waals surface area contributed by atoms with Gasteiger partial charge in [-0.25, -0.2) is 4.79 Å². The number of carbonyl (C=O) groups excluding carboxylic acids is 1. The molecule has 0 saturated carbocycles. The molecule has 0 heterocycles. The number of rotatable bonds is 4. The van der Waals surface area contributed by atoms with E-state index in [9.17, 15) is 14.5 Å². The Labute approximate surface area is 85.0 Å². The van der Waals surface area contributed by atoms with E-state index in [1.807, 2.05) is 5.32 Å². The molecule has 0 bridgehead atoms. The maximum absolute atomic E-state index is 11.1. The Kier molecular flexibility index (Phi) is 4.85. The van der Waals surface area contributed by atoms with Crippen molar-refractivity contribution in [1.82, 2.24) is 10.3 Å². The van der Waals surface area contributed by atoms with E-state index in [0.29, 0.717) is 5.01 Å². The van der Waals surface area contributed by atoms with Crippen LogP contribution in [-0.4, -0.2) is 33.7 Å². The third kappa shape index (κ3) is 3.56. The van der Waals surface area contributed by atoms with Crippen molar-refractivity contribution in [2.24, 2.45) is 5.29 Å². The molecule has 14 heavy (non-hydrogen) atoms. The molecule has 0 aromatic carbocycles. The van der Waals surface area contributed by atoms with Crippen LogP contribution >= 0.6 is 11.6 Å². The zero-order valence-electron chi connectivity index (χ0n) is 7.60. The molecule has 0 aliphatic heterocycles. The molecular weight excluding hydrogens is 214 g/mol. The predicted molar refractivity (Wildman–Crippen MR) is 48.6 cm³/mol. The molecule has 80 valence electrons. The Morgan fingerprint density at radius 1 is 1.50 bits per heavy atom. The number of amides is 2. The van der Waals surface area contributed by atoms with Gasteiger partial charge in [0.05, 0.1) is 5.29 Å². The highest BCUT2D eigenvalue weighted by molar-refractivity contribution is 6.20. The second kappa shape index (κ2) is 5.38. The van der Waals surface area contributed by atoms with Gasteiger partial charge >= 0.3 is 12.0 Å². The van der Waals surface area contributed by atoms with E-state index in [0.717, 1.165) is 0 Å². The number of nitrogens with one attached hydrogen (secondary N) is 1. The lowest BCUT2D eigenvalue weighted by molar-refractivity contribution is -0.138. The molecule has 2 atom stereocenters. The number of hydrogen-bond donors (Lipinski definition) is 2. The lowest BCUT2D eigenvalue weighted by Crippen LogP contribution is -2.46. The second-order valence-electron chi connectivity index (χ2n) is 2.51. The molecule has 2 unspecified atom stereocenters. The molecular formula is C6H10ClN3O4. The van der Waals surface area contributed by atoms with Gasteiger partial charge in [0, 0.05) is 0 Å². The molecule has 0 aliphatic carbocycles. The van der Waals surface area contributed by atoms with E-state index >= 15 is 0 Å². The number of aliphatic carboxylic acids is 1. The van der Waals surface area contributed by atoms with Gasteiger partial charge < -0.3 is 10.4 Å². The van der Waals surface area contributed by atoms with E-state index in [-0.39, 0.29) is 0 Å². The summed E-state index contributed by atoms with van der Waals surface area (Å²) in [6.45, 7) is 2.61. The molecule has 7 nitrogen and oxygen atoms in total. The molecule has 0 radical (unpaired) electrons. The standard InChI is InChI=1S/C6H10ClN3O4/c1-3(5(11)12)8-6(13)10(9-14)4(2)7/h3-4H,1-2H3,(H,8,13)(H,11,12). The number of halogens is 1. The smallest absolute Gasteiger partial charge is 0.342 e. The average molecular weight is 224 g/mol. The van der Waals surface area contributed by atoms with Crippen molar-refractivity contribution in [3.05, 3.63) is 4.91 Å². The molecule has 0 fully saturated rings. The zero-order chi connectivity index (χ0) is 11.3. The highest BCUT2D eigenvalue weighted by Gasteiger charge is 2.22. The molecule has 0 aliphatic rings. The number of carboxylic acids is 1. The molecule has 2 amide bonds. The highest BCUT2D eigenvalue weighted by atomic mass is 35.5. The largest absolute Gasteiger partial charge is 0.480 e. The fraction of sp³-hybridized carbons (Fsp3) is 0.667. The fourth-order valence-corrected chi connectivity index (χ4v) is 0.701. The van der Waals surface area contributed by atoms with Gasteiger partial charge in [0.2, 0.25) is 0 Å². The van der Waals surface area contributed by atoms with E-state index in [1.54, 1.807) is 0 Å². The van der Waals surface area contributed by atoms with Crippen LogP contribution < -0.4 is 5.32 Å². The Balaban J connectivity index is 4.32. The van der Waals surface area contributed by atoms with Gasteiger partial charge in [0.25, 0.3) is 0 Å². The Bertz CT molecular complexity index is 245. The molecule has 2 N–H and O–H groups in total. The summed E-state index contributed by atoms with van der Waals surface area (Å²) in [6, 6.07) is -2.06. The number of hydrogen-bond acceptors (Lipinski definition) is 4. The fourth-order valence-electron chi connectivity index (χ4n) is 0.577. The minimum atomic E-state index is -1.22. The number of alkyl halides is 1. The van der Waals surface area contributed by atoms with Crippen molar-refractivity contribution < 1.29 is 14.7 Å². The van der Waals surface area contributed by atoms with Crippen LogP contribution in [-0.2, 0) is 4.79 Å². The summed E-state index contributed by atoms with van der Waals surface area (Å²) in [4.78, 5) is 31.6. The van der Waals surface area contributed by atoms with Crippen LogP contribution in [0.3, 0.4) is 0 Å². The topological polar surface area (TPSA) is 99.1 Å². The monoisotopic (exact) mass is 223 g/mol. The van der Waals surface area contributed by atoms with Crippen LogP contribution in [0, 0.1) is 4.91 Å². The van der Waals surface area contributed by atoms with Gasteiger partial charge in [-0.3, -0.25) is 4.79 Å². The Hall–Kier alpha value is -1.37. The normalized spacial score (nSPS) is 13.9. The SMILES string of the molecule is CC(NC(=O)N(N=O)C(C)Cl)C(=O)O. The van der Waals surface area contributed by atoms with Gasteiger partial charge in [0.15, 0.2) is 0 Å². The minimum Gasteiger partial charge on any atom is -0.480 e. The summed E-state index contributed by atoms with van der Waals surface area (Å²) in [7, 11) is 0. The summed E-state index contributed by atoms with van der Waals surface area (Å²) < 4.78 is 0. The van der Waals surface area contributed by atoms with Gasteiger partial charge in [-0.1, -0.05) is 11.6 Å². The summed E-state index contributed by atoms with van der Waals surface area (Å²) in [5, 5.41) is 13.2. The summed E-state index contributed by atoms with van der Waals surface area (Å²) in [5.74, 6) is -1.22. The molecule has 0 aromatic rings. The van der Waals surface area contributed by atoms with Gasteiger partial charge in [-0.2, -0.15) is 5.01 Å². The van der Waals surface area contributed by atoms with Gasteiger partial charge in [-0.05, 0) is 13.8 Å². The summed E-state index contributed by atoms with van der Waals surface area (Å²) >= 11 is 5.43. The first-order valence-corrected chi connectivity index (χ1v) is 4.13. The number of nitrogens with zero attached hydrogens (tertiary/aromatic N) is 2. The second-order valence-corrected chi connectivity index (χ2v) is 3.14. The van der Waals surface area contributed by atoms with E-state index in [1.165, 1.54) is 13.8 Å². The molecule has 8 heteroatoms. The van der Waals surface area contributed by atoms with Crippen molar-refractivity contribution in [1.29, 1.82) is 0 Å². The first-order chi connectivity index (χ1) is 6.40. The van der Waals surface area contributed by atoms with E-state index < -0.39 is 23.5 Å². The van der Waals surface area contributed by atoms with Crippen LogP contribution in [0.4, 0.5) is 4.79 Å². The molecule has 0 saturated heterocycles. The third-order valence-corrected chi connectivity index (χ3v) is 1.53. The van der Waals surface area contributed by atoms with Crippen LogP contribution in [0.15, 0.2) is 5.29 Å². The average Bonchev–Trinajstić information content (AvgIpc) is 2.04. The van der Waals surface area contributed by atoms with E-state index in [4.69, 9.17) is 16.7 Å². The van der Waals surface area contributed by atoms with E-state index in [2.05, 4.69) is 5.29 Å². The minimum absolute atomic E-state index is 0.404. The van der Waals surface area contributed by atoms with Crippen molar-refractivity contribution in [3.8, 4) is 0 Å². The lowest BCUT2D eigenvalue weighted by atomic mass is 10.3. The Morgan fingerprint density at radius 3 is 2.29 bits per heavy atom. The van der Waals surface area contributed by atoms with Crippen LogP contribution in [0.5, 0.6) is 0 Å². The lowest BCUT2D eigenvalue weighted by Gasteiger charge is -2.17. The Morgan fingerprint density at radius 2 is 2.00 bits per heavy atom. The predicted octanol–water partition coefficient (Wildman–Crippen LogP) is 0.737. The quantitative estimate of drug-likeness (QED) is 0.318. The number of urea groups is 1. The molecule has 0 rings (SSSR count).